The number of fused-ring (bicyclic) bond motifs is 1. The number of thioether (sulfide) groups is 1. The molecule has 0 bridgehead atoms. The average molecular weight is 302 g/mol. The number of carboxylic acid groups (broad SMARTS) is 1. The predicted molar refractivity (Wildman–Crippen MR) is 83.3 cm³/mol. The first kappa shape index (κ1) is 14.3. The fourth-order valence-corrected chi connectivity index (χ4v) is 4.49. The molecule has 3 unspecified atom stereocenters. The van der Waals surface area contributed by atoms with E-state index in [1.54, 1.807) is 18.1 Å². The van der Waals surface area contributed by atoms with Crippen molar-refractivity contribution in [1.82, 2.24) is 9.97 Å². The summed E-state index contributed by atoms with van der Waals surface area (Å²) in [6, 6.07) is 7.87. The summed E-state index contributed by atoms with van der Waals surface area (Å²) in [7, 11) is 0. The molecule has 0 amide bonds. The zero-order chi connectivity index (χ0) is 14.8. The number of aromatic nitrogens is 2. The van der Waals surface area contributed by atoms with Crippen LogP contribution >= 0.6 is 11.8 Å². The second kappa shape index (κ2) is 6.02. The van der Waals surface area contributed by atoms with Gasteiger partial charge >= 0.3 is 5.97 Å². The average Bonchev–Trinajstić information content (AvgIpc) is 2.47. The SMILES string of the molecule is CC1CCC(C(=O)O)C(Sc2ncnc3ccccc23)C1. The second-order valence-corrected chi connectivity index (χ2v) is 6.94. The van der Waals surface area contributed by atoms with Gasteiger partial charge < -0.3 is 5.11 Å². The van der Waals surface area contributed by atoms with Gasteiger partial charge in [-0.3, -0.25) is 4.79 Å². The molecule has 5 heteroatoms. The van der Waals surface area contributed by atoms with Gasteiger partial charge in [0.15, 0.2) is 0 Å². The Morgan fingerprint density at radius 3 is 2.90 bits per heavy atom. The van der Waals surface area contributed by atoms with E-state index in [-0.39, 0.29) is 11.2 Å². The summed E-state index contributed by atoms with van der Waals surface area (Å²) >= 11 is 1.60. The summed E-state index contributed by atoms with van der Waals surface area (Å²) < 4.78 is 0. The van der Waals surface area contributed by atoms with E-state index in [9.17, 15) is 9.90 Å². The Hall–Kier alpha value is -1.62. The molecule has 0 spiro atoms. The quantitative estimate of drug-likeness (QED) is 0.877. The smallest absolute Gasteiger partial charge is 0.307 e. The number of benzene rings is 1. The zero-order valence-corrected chi connectivity index (χ0v) is 12.7. The lowest BCUT2D eigenvalue weighted by Crippen LogP contribution is -2.32. The number of hydrogen-bond acceptors (Lipinski definition) is 4. The number of para-hydroxylation sites is 1. The zero-order valence-electron chi connectivity index (χ0n) is 11.9. The van der Waals surface area contributed by atoms with Crippen molar-refractivity contribution in [3.05, 3.63) is 30.6 Å². The lowest BCUT2D eigenvalue weighted by Gasteiger charge is -2.31. The van der Waals surface area contributed by atoms with Gasteiger partial charge in [-0.2, -0.15) is 0 Å². The number of nitrogens with zero attached hydrogens (tertiary/aromatic N) is 2. The standard InChI is InChI=1S/C16H18N2O2S/c1-10-6-7-12(16(19)20)14(8-10)21-15-11-4-2-3-5-13(11)17-9-18-15/h2-5,9-10,12,14H,6-8H2,1H3,(H,19,20). The highest BCUT2D eigenvalue weighted by Gasteiger charge is 2.34. The first-order chi connectivity index (χ1) is 10.1. The number of rotatable bonds is 3. The number of carbonyl (C=O) groups is 1. The third-order valence-electron chi connectivity index (χ3n) is 4.14. The number of hydrogen-bond donors (Lipinski definition) is 1. The minimum absolute atomic E-state index is 0.0876. The van der Waals surface area contributed by atoms with Crippen LogP contribution in [0.5, 0.6) is 0 Å². The molecule has 0 aliphatic heterocycles. The Morgan fingerprint density at radius 1 is 1.29 bits per heavy atom. The fraction of sp³-hybridized carbons (Fsp3) is 0.438. The first-order valence-electron chi connectivity index (χ1n) is 7.24. The Balaban J connectivity index is 1.90. The van der Waals surface area contributed by atoms with Crippen LogP contribution in [0.25, 0.3) is 10.9 Å². The van der Waals surface area contributed by atoms with Gasteiger partial charge in [0, 0.05) is 10.6 Å². The largest absolute Gasteiger partial charge is 0.481 e. The summed E-state index contributed by atoms with van der Waals surface area (Å²) in [6.45, 7) is 2.20. The van der Waals surface area contributed by atoms with Crippen molar-refractivity contribution in [1.29, 1.82) is 0 Å². The van der Waals surface area contributed by atoms with Crippen LogP contribution in [0.2, 0.25) is 0 Å². The van der Waals surface area contributed by atoms with Crippen LogP contribution in [-0.4, -0.2) is 26.3 Å². The molecular formula is C16H18N2O2S. The number of carboxylic acids is 1. The molecule has 2 aromatic rings. The topological polar surface area (TPSA) is 63.1 Å². The van der Waals surface area contributed by atoms with Gasteiger partial charge in [-0.25, -0.2) is 9.97 Å². The number of aliphatic carboxylic acids is 1. The van der Waals surface area contributed by atoms with Crippen molar-refractivity contribution in [3.8, 4) is 0 Å². The predicted octanol–water partition coefficient (Wildman–Crippen LogP) is 3.61. The van der Waals surface area contributed by atoms with E-state index in [1.807, 2.05) is 24.3 Å². The molecule has 4 nitrogen and oxygen atoms in total. The van der Waals surface area contributed by atoms with Crippen LogP contribution in [0.15, 0.2) is 35.6 Å². The van der Waals surface area contributed by atoms with Crippen molar-refractivity contribution >= 4 is 28.6 Å². The van der Waals surface area contributed by atoms with Gasteiger partial charge in [-0.1, -0.05) is 25.1 Å². The molecule has 21 heavy (non-hydrogen) atoms. The van der Waals surface area contributed by atoms with E-state index < -0.39 is 5.97 Å². The minimum Gasteiger partial charge on any atom is -0.481 e. The van der Waals surface area contributed by atoms with Crippen molar-refractivity contribution in [2.45, 2.75) is 36.5 Å². The highest BCUT2D eigenvalue weighted by molar-refractivity contribution is 8.00. The molecule has 110 valence electrons. The van der Waals surface area contributed by atoms with E-state index >= 15 is 0 Å². The van der Waals surface area contributed by atoms with Crippen LogP contribution in [0.4, 0.5) is 0 Å². The summed E-state index contributed by atoms with van der Waals surface area (Å²) in [5, 5.41) is 11.4. The third kappa shape index (κ3) is 3.02. The van der Waals surface area contributed by atoms with Crippen LogP contribution in [0, 0.1) is 11.8 Å². The van der Waals surface area contributed by atoms with Gasteiger partial charge in [0.25, 0.3) is 0 Å². The molecule has 1 fully saturated rings. The van der Waals surface area contributed by atoms with Crippen LogP contribution in [0.1, 0.15) is 26.2 Å². The van der Waals surface area contributed by atoms with Crippen molar-refractivity contribution in [2.75, 3.05) is 0 Å². The molecule has 1 aromatic heterocycles. The molecule has 3 atom stereocenters. The van der Waals surface area contributed by atoms with Gasteiger partial charge in [-0.05, 0) is 31.2 Å². The lowest BCUT2D eigenvalue weighted by molar-refractivity contribution is -0.142. The minimum atomic E-state index is -0.683. The van der Waals surface area contributed by atoms with Gasteiger partial charge in [0.1, 0.15) is 11.4 Å². The monoisotopic (exact) mass is 302 g/mol. The normalized spacial score (nSPS) is 25.9. The Kier molecular flexibility index (Phi) is 4.10. The lowest BCUT2D eigenvalue weighted by atomic mass is 9.82. The van der Waals surface area contributed by atoms with E-state index in [1.165, 1.54) is 0 Å². The Bertz CT molecular complexity index is 656. The molecule has 3 rings (SSSR count). The van der Waals surface area contributed by atoms with E-state index in [4.69, 9.17) is 0 Å². The molecular weight excluding hydrogens is 284 g/mol. The summed E-state index contributed by atoms with van der Waals surface area (Å²) in [4.78, 5) is 20.1. The van der Waals surface area contributed by atoms with Gasteiger partial charge in [0.2, 0.25) is 0 Å². The Morgan fingerprint density at radius 2 is 2.10 bits per heavy atom. The third-order valence-corrected chi connectivity index (χ3v) is 5.51. The molecule has 1 aliphatic carbocycles. The highest BCUT2D eigenvalue weighted by Crippen LogP contribution is 2.40. The Labute approximate surface area is 128 Å². The summed E-state index contributed by atoms with van der Waals surface area (Å²) in [5.41, 5.74) is 0.908. The second-order valence-electron chi connectivity index (χ2n) is 5.72. The van der Waals surface area contributed by atoms with Crippen LogP contribution < -0.4 is 0 Å². The molecule has 1 aromatic carbocycles. The van der Waals surface area contributed by atoms with Crippen molar-refractivity contribution in [3.63, 3.8) is 0 Å². The van der Waals surface area contributed by atoms with Gasteiger partial charge in [-0.15, -0.1) is 11.8 Å². The van der Waals surface area contributed by atoms with Gasteiger partial charge in [0.05, 0.1) is 11.4 Å². The maximum atomic E-state index is 11.5. The molecule has 0 radical (unpaired) electrons. The van der Waals surface area contributed by atoms with Crippen molar-refractivity contribution in [2.24, 2.45) is 11.8 Å². The highest BCUT2D eigenvalue weighted by atomic mass is 32.2. The fourth-order valence-electron chi connectivity index (χ4n) is 2.96. The maximum Gasteiger partial charge on any atom is 0.307 e. The molecule has 1 aliphatic rings. The van der Waals surface area contributed by atoms with Crippen LogP contribution in [-0.2, 0) is 4.79 Å². The van der Waals surface area contributed by atoms with E-state index in [0.717, 1.165) is 35.2 Å². The molecule has 1 saturated carbocycles. The summed E-state index contributed by atoms with van der Waals surface area (Å²) in [6.07, 6.45) is 4.25. The molecule has 1 N–H and O–H groups in total. The molecule has 1 heterocycles. The maximum absolute atomic E-state index is 11.5. The summed E-state index contributed by atoms with van der Waals surface area (Å²) in [5.74, 6) is -0.385. The van der Waals surface area contributed by atoms with E-state index in [2.05, 4.69) is 16.9 Å². The van der Waals surface area contributed by atoms with Crippen molar-refractivity contribution < 1.29 is 9.90 Å². The molecule has 0 saturated heterocycles. The van der Waals surface area contributed by atoms with Crippen LogP contribution in [0.3, 0.4) is 0 Å². The van der Waals surface area contributed by atoms with E-state index in [0.29, 0.717) is 5.92 Å². The first-order valence-corrected chi connectivity index (χ1v) is 8.12.